The minimum absolute atomic E-state index is 0.336. The zero-order chi connectivity index (χ0) is 23.4. The van der Waals surface area contributed by atoms with Gasteiger partial charge < -0.3 is 18.6 Å². The van der Waals surface area contributed by atoms with Crippen LogP contribution < -0.4 is 9.47 Å². The Balaban J connectivity index is 1.65. The number of carbonyl (C=O) groups excluding carboxylic acids is 1. The Kier molecular flexibility index (Phi) is 7.27. The van der Waals surface area contributed by atoms with E-state index in [9.17, 15) is 4.79 Å². The quantitative estimate of drug-likeness (QED) is 0.317. The number of hydrogen-bond acceptors (Lipinski definition) is 8. The first-order chi connectivity index (χ1) is 16.0. The van der Waals surface area contributed by atoms with Crippen LogP contribution in [0.5, 0.6) is 11.5 Å². The number of nitrogens with zero attached hydrogens (tertiary/aromatic N) is 3. The van der Waals surface area contributed by atoms with Crippen molar-refractivity contribution in [2.24, 2.45) is 0 Å². The molecule has 1 fully saturated rings. The minimum atomic E-state index is -0.395. The summed E-state index contributed by atoms with van der Waals surface area (Å²) in [6.07, 6.45) is 5.83. The molecule has 0 amide bonds. The molecule has 1 aromatic carbocycles. The van der Waals surface area contributed by atoms with Crippen LogP contribution in [0.1, 0.15) is 60.0 Å². The van der Waals surface area contributed by atoms with Crippen molar-refractivity contribution in [2.45, 2.75) is 56.0 Å². The average Bonchev–Trinajstić information content (AvgIpc) is 3.45. The van der Waals surface area contributed by atoms with Gasteiger partial charge in [0.25, 0.3) is 0 Å². The van der Waals surface area contributed by atoms with Gasteiger partial charge in [-0.3, -0.25) is 4.57 Å². The van der Waals surface area contributed by atoms with Gasteiger partial charge in [0.05, 0.1) is 27.1 Å². The van der Waals surface area contributed by atoms with Crippen LogP contribution in [0, 0.1) is 6.92 Å². The van der Waals surface area contributed by atoms with Gasteiger partial charge in [-0.15, -0.1) is 10.2 Å². The van der Waals surface area contributed by atoms with E-state index in [1.165, 1.54) is 26.4 Å². The Morgan fingerprint density at radius 2 is 1.85 bits per heavy atom. The van der Waals surface area contributed by atoms with Crippen LogP contribution >= 0.6 is 11.8 Å². The first kappa shape index (κ1) is 23.2. The largest absolute Gasteiger partial charge is 0.493 e. The number of esters is 1. The summed E-state index contributed by atoms with van der Waals surface area (Å²) in [5.41, 5.74) is 1.38. The normalized spacial score (nSPS) is 14.3. The molecule has 0 atom stereocenters. The van der Waals surface area contributed by atoms with E-state index < -0.39 is 5.97 Å². The van der Waals surface area contributed by atoms with E-state index in [0.717, 1.165) is 29.4 Å². The standard InChI is InChI=1S/C24H29N3O5S/c1-15-19(23(28)31-4)13-18(32-15)14-33-24-26-25-22(27(24)17-8-6-5-7-9-17)16-10-11-20(29-2)21(12-16)30-3/h10-13,17H,5-9,14H2,1-4H3. The fourth-order valence-electron chi connectivity index (χ4n) is 4.28. The van der Waals surface area contributed by atoms with Crippen LogP contribution in [0.2, 0.25) is 0 Å². The fraction of sp³-hybridized carbons (Fsp3) is 0.458. The van der Waals surface area contributed by atoms with Gasteiger partial charge in [-0.1, -0.05) is 31.0 Å². The van der Waals surface area contributed by atoms with Crippen molar-refractivity contribution in [1.82, 2.24) is 14.8 Å². The Morgan fingerprint density at radius 1 is 1.09 bits per heavy atom. The van der Waals surface area contributed by atoms with Gasteiger partial charge in [0, 0.05) is 11.6 Å². The summed E-state index contributed by atoms with van der Waals surface area (Å²) in [5, 5.41) is 9.93. The summed E-state index contributed by atoms with van der Waals surface area (Å²) in [7, 11) is 4.62. The third kappa shape index (κ3) is 4.88. The van der Waals surface area contributed by atoms with Gasteiger partial charge in [-0.05, 0) is 44.0 Å². The van der Waals surface area contributed by atoms with Crippen molar-refractivity contribution in [3.8, 4) is 22.9 Å². The van der Waals surface area contributed by atoms with Gasteiger partial charge in [0.1, 0.15) is 17.1 Å². The predicted molar refractivity (Wildman–Crippen MR) is 125 cm³/mol. The SMILES string of the molecule is COC(=O)c1cc(CSc2nnc(-c3ccc(OC)c(OC)c3)n2C2CCCCC2)oc1C. The van der Waals surface area contributed by atoms with Crippen molar-refractivity contribution >= 4 is 17.7 Å². The van der Waals surface area contributed by atoms with Crippen molar-refractivity contribution < 1.29 is 23.4 Å². The number of thioether (sulfide) groups is 1. The van der Waals surface area contributed by atoms with E-state index in [2.05, 4.69) is 14.8 Å². The van der Waals surface area contributed by atoms with E-state index in [-0.39, 0.29) is 0 Å². The third-order valence-electron chi connectivity index (χ3n) is 5.96. The van der Waals surface area contributed by atoms with Crippen LogP contribution in [-0.2, 0) is 10.5 Å². The summed E-state index contributed by atoms with van der Waals surface area (Å²) in [6.45, 7) is 1.76. The average molecular weight is 472 g/mol. The number of ether oxygens (including phenoxy) is 3. The molecule has 4 rings (SSSR count). The number of benzene rings is 1. The second kappa shape index (κ2) is 10.3. The molecule has 1 saturated carbocycles. The molecule has 0 spiro atoms. The lowest BCUT2D eigenvalue weighted by Gasteiger charge is -2.25. The van der Waals surface area contributed by atoms with Gasteiger partial charge in [0.15, 0.2) is 22.5 Å². The Labute approximate surface area is 197 Å². The summed E-state index contributed by atoms with van der Waals surface area (Å²) >= 11 is 1.56. The number of aryl methyl sites for hydroxylation is 1. The highest BCUT2D eigenvalue weighted by atomic mass is 32.2. The molecular weight excluding hydrogens is 442 g/mol. The number of rotatable bonds is 8. The highest BCUT2D eigenvalue weighted by Crippen LogP contribution is 2.38. The summed E-state index contributed by atoms with van der Waals surface area (Å²) in [6, 6.07) is 7.89. The molecule has 9 heteroatoms. The lowest BCUT2D eigenvalue weighted by Crippen LogP contribution is -2.15. The van der Waals surface area contributed by atoms with E-state index in [4.69, 9.17) is 18.6 Å². The maximum atomic E-state index is 11.9. The van der Waals surface area contributed by atoms with Crippen LogP contribution in [0.15, 0.2) is 33.8 Å². The third-order valence-corrected chi connectivity index (χ3v) is 6.93. The number of carbonyl (C=O) groups is 1. The molecule has 0 aliphatic heterocycles. The molecule has 0 N–H and O–H groups in total. The van der Waals surface area contributed by atoms with Crippen LogP contribution in [0.4, 0.5) is 0 Å². The van der Waals surface area contributed by atoms with E-state index in [0.29, 0.717) is 40.4 Å². The zero-order valence-corrected chi connectivity index (χ0v) is 20.2. The van der Waals surface area contributed by atoms with Crippen molar-refractivity contribution in [1.29, 1.82) is 0 Å². The lowest BCUT2D eigenvalue weighted by atomic mass is 9.95. The first-order valence-corrected chi connectivity index (χ1v) is 12.0. The van der Waals surface area contributed by atoms with Gasteiger partial charge >= 0.3 is 5.97 Å². The monoisotopic (exact) mass is 471 g/mol. The van der Waals surface area contributed by atoms with E-state index >= 15 is 0 Å². The van der Waals surface area contributed by atoms with Crippen molar-refractivity contribution in [3.63, 3.8) is 0 Å². The molecule has 1 aliphatic carbocycles. The van der Waals surface area contributed by atoms with Gasteiger partial charge in [-0.25, -0.2) is 4.79 Å². The maximum Gasteiger partial charge on any atom is 0.341 e. The lowest BCUT2D eigenvalue weighted by molar-refractivity contribution is 0.0599. The zero-order valence-electron chi connectivity index (χ0n) is 19.4. The molecule has 3 aromatic rings. The van der Waals surface area contributed by atoms with E-state index in [1.807, 2.05) is 18.2 Å². The molecule has 0 unspecified atom stereocenters. The molecule has 2 aromatic heterocycles. The first-order valence-electron chi connectivity index (χ1n) is 11.0. The molecule has 176 valence electrons. The summed E-state index contributed by atoms with van der Waals surface area (Å²) in [5.74, 6) is 3.54. The Bertz CT molecular complexity index is 1120. The molecular formula is C24H29N3O5S. The topological polar surface area (TPSA) is 88.6 Å². The van der Waals surface area contributed by atoms with Crippen molar-refractivity contribution in [3.05, 3.63) is 41.3 Å². The molecule has 8 nitrogen and oxygen atoms in total. The highest BCUT2D eigenvalue weighted by Gasteiger charge is 2.25. The number of aromatic nitrogens is 3. The highest BCUT2D eigenvalue weighted by molar-refractivity contribution is 7.98. The van der Waals surface area contributed by atoms with Crippen LogP contribution in [0.25, 0.3) is 11.4 Å². The number of hydrogen-bond donors (Lipinski definition) is 0. The fourth-order valence-corrected chi connectivity index (χ4v) is 5.17. The number of methoxy groups -OCH3 is 3. The molecule has 0 saturated heterocycles. The van der Waals surface area contributed by atoms with Crippen molar-refractivity contribution in [2.75, 3.05) is 21.3 Å². The minimum Gasteiger partial charge on any atom is -0.493 e. The molecule has 1 aliphatic rings. The van der Waals surface area contributed by atoms with Gasteiger partial charge in [0.2, 0.25) is 0 Å². The maximum absolute atomic E-state index is 11.9. The molecule has 0 radical (unpaired) electrons. The van der Waals surface area contributed by atoms with Crippen LogP contribution in [0.3, 0.4) is 0 Å². The molecule has 33 heavy (non-hydrogen) atoms. The Hall–Kier alpha value is -2.94. The van der Waals surface area contributed by atoms with Gasteiger partial charge in [-0.2, -0.15) is 0 Å². The predicted octanol–water partition coefficient (Wildman–Crippen LogP) is 5.45. The van der Waals surface area contributed by atoms with E-state index in [1.54, 1.807) is 39.0 Å². The molecule has 0 bridgehead atoms. The van der Waals surface area contributed by atoms with Crippen LogP contribution in [-0.4, -0.2) is 42.1 Å². The second-order valence-corrected chi connectivity index (χ2v) is 8.94. The smallest absolute Gasteiger partial charge is 0.341 e. The second-order valence-electron chi connectivity index (χ2n) is 8.00. The molecule has 2 heterocycles. The number of furan rings is 1. The summed E-state index contributed by atoms with van der Waals surface area (Å²) < 4.78 is 23.8. The summed E-state index contributed by atoms with van der Waals surface area (Å²) in [4.78, 5) is 11.9. The Morgan fingerprint density at radius 3 is 2.55 bits per heavy atom.